The number of carbonyl (C=O) groups is 1. The molecule has 1 aliphatic heterocycles. The minimum Gasteiger partial charge on any atom is -0.370 e. The van der Waals surface area contributed by atoms with Crippen molar-refractivity contribution in [2.24, 2.45) is 4.99 Å². The van der Waals surface area contributed by atoms with Gasteiger partial charge in [0, 0.05) is 26.4 Å². The van der Waals surface area contributed by atoms with Gasteiger partial charge in [-0.2, -0.15) is 0 Å². The zero-order chi connectivity index (χ0) is 13.1. The van der Waals surface area contributed by atoms with Gasteiger partial charge in [-0.05, 0) is 19.1 Å². The standard InChI is InChI=1S/C13H18N4O/c1-9-8-13(16-15-10(2)18)14-11-6-4-5-7-12(11)17(9)3/h4-7,9H,8H2,1-3H3,(H,14,16)(H,15,18)/t9-/m1/s1. The summed E-state index contributed by atoms with van der Waals surface area (Å²) in [4.78, 5) is 17.7. The van der Waals surface area contributed by atoms with Crippen LogP contribution in [-0.2, 0) is 4.79 Å². The molecule has 2 rings (SSSR count). The van der Waals surface area contributed by atoms with Crippen molar-refractivity contribution >= 4 is 23.1 Å². The third-order valence-electron chi connectivity index (χ3n) is 3.05. The zero-order valence-corrected chi connectivity index (χ0v) is 10.9. The molecule has 1 aromatic rings. The van der Waals surface area contributed by atoms with E-state index in [-0.39, 0.29) is 5.91 Å². The Kier molecular flexibility index (Phi) is 3.50. The first-order valence-corrected chi connectivity index (χ1v) is 6.00. The van der Waals surface area contributed by atoms with Crippen molar-refractivity contribution < 1.29 is 4.79 Å². The predicted molar refractivity (Wildman–Crippen MR) is 73.0 cm³/mol. The van der Waals surface area contributed by atoms with Crippen molar-refractivity contribution in [2.45, 2.75) is 26.3 Å². The SMILES string of the molecule is CC(=O)NNC1=Nc2ccccc2N(C)[C@H](C)C1. The van der Waals surface area contributed by atoms with Crippen LogP contribution in [0.1, 0.15) is 20.3 Å². The number of hydrazine groups is 1. The van der Waals surface area contributed by atoms with Crippen LogP contribution in [0.3, 0.4) is 0 Å². The lowest BCUT2D eigenvalue weighted by Gasteiger charge is -2.25. The van der Waals surface area contributed by atoms with E-state index in [9.17, 15) is 4.79 Å². The van der Waals surface area contributed by atoms with Crippen LogP contribution in [0.2, 0.25) is 0 Å². The number of nitrogens with zero attached hydrogens (tertiary/aromatic N) is 2. The number of carbonyl (C=O) groups excluding carboxylic acids is 1. The number of amidine groups is 1. The van der Waals surface area contributed by atoms with Gasteiger partial charge >= 0.3 is 0 Å². The first-order valence-electron chi connectivity index (χ1n) is 6.00. The Morgan fingerprint density at radius 3 is 2.89 bits per heavy atom. The Balaban J connectivity index is 2.29. The van der Waals surface area contributed by atoms with Crippen molar-refractivity contribution in [1.82, 2.24) is 10.9 Å². The maximum absolute atomic E-state index is 10.9. The molecule has 0 unspecified atom stereocenters. The van der Waals surface area contributed by atoms with Crippen LogP contribution in [-0.4, -0.2) is 24.8 Å². The molecule has 2 N–H and O–H groups in total. The molecule has 5 heteroatoms. The number of aliphatic imine (C=N–C) groups is 1. The molecule has 0 spiro atoms. The van der Waals surface area contributed by atoms with Gasteiger partial charge in [0.25, 0.3) is 0 Å². The van der Waals surface area contributed by atoms with E-state index in [1.165, 1.54) is 6.92 Å². The molecule has 0 saturated heterocycles. The van der Waals surface area contributed by atoms with Crippen LogP contribution in [0.25, 0.3) is 0 Å². The number of anilines is 1. The summed E-state index contributed by atoms with van der Waals surface area (Å²) in [6.07, 6.45) is 0.755. The van der Waals surface area contributed by atoms with E-state index in [0.717, 1.165) is 23.6 Å². The first kappa shape index (κ1) is 12.4. The maximum atomic E-state index is 10.9. The summed E-state index contributed by atoms with van der Waals surface area (Å²) in [5.41, 5.74) is 7.46. The molecule has 1 heterocycles. The number of benzene rings is 1. The summed E-state index contributed by atoms with van der Waals surface area (Å²) < 4.78 is 0. The summed E-state index contributed by atoms with van der Waals surface area (Å²) in [5, 5.41) is 0. The van der Waals surface area contributed by atoms with Gasteiger partial charge in [0.2, 0.25) is 5.91 Å². The number of hydrogen-bond donors (Lipinski definition) is 2. The topological polar surface area (TPSA) is 56.7 Å². The summed E-state index contributed by atoms with van der Waals surface area (Å²) in [6, 6.07) is 8.30. The second-order valence-electron chi connectivity index (χ2n) is 4.52. The van der Waals surface area contributed by atoms with E-state index >= 15 is 0 Å². The van der Waals surface area contributed by atoms with E-state index in [1.54, 1.807) is 0 Å². The van der Waals surface area contributed by atoms with Crippen LogP contribution in [0, 0.1) is 0 Å². The third-order valence-corrected chi connectivity index (χ3v) is 3.05. The second kappa shape index (κ2) is 5.08. The molecule has 0 fully saturated rings. The highest BCUT2D eigenvalue weighted by Gasteiger charge is 2.19. The molecular weight excluding hydrogens is 228 g/mol. The predicted octanol–water partition coefficient (Wildman–Crippen LogP) is 1.59. The molecule has 5 nitrogen and oxygen atoms in total. The van der Waals surface area contributed by atoms with Crippen molar-refractivity contribution in [3.05, 3.63) is 24.3 Å². The summed E-state index contributed by atoms with van der Waals surface area (Å²) in [6.45, 7) is 3.60. The summed E-state index contributed by atoms with van der Waals surface area (Å²) in [7, 11) is 2.06. The van der Waals surface area contributed by atoms with Crippen LogP contribution < -0.4 is 15.8 Å². The molecule has 1 atom stereocenters. The number of fused-ring (bicyclic) bond motifs is 1. The van der Waals surface area contributed by atoms with Gasteiger partial charge in [0.15, 0.2) is 0 Å². The highest BCUT2D eigenvalue weighted by Crippen LogP contribution is 2.31. The molecule has 0 saturated carbocycles. The molecule has 1 aliphatic rings. The lowest BCUT2D eigenvalue weighted by Crippen LogP contribution is -2.42. The fraction of sp³-hybridized carbons (Fsp3) is 0.385. The minimum atomic E-state index is -0.128. The summed E-state index contributed by atoms with van der Waals surface area (Å²) >= 11 is 0. The Bertz CT molecular complexity index is 484. The van der Waals surface area contributed by atoms with E-state index in [4.69, 9.17) is 0 Å². The fourth-order valence-electron chi connectivity index (χ4n) is 1.94. The van der Waals surface area contributed by atoms with E-state index < -0.39 is 0 Å². The maximum Gasteiger partial charge on any atom is 0.235 e. The second-order valence-corrected chi connectivity index (χ2v) is 4.52. The highest BCUT2D eigenvalue weighted by molar-refractivity contribution is 5.90. The molecule has 0 bridgehead atoms. The molecule has 1 aromatic carbocycles. The number of para-hydroxylation sites is 2. The van der Waals surface area contributed by atoms with Gasteiger partial charge in [-0.25, -0.2) is 4.99 Å². The normalized spacial score (nSPS) is 18.5. The van der Waals surface area contributed by atoms with Crippen molar-refractivity contribution in [2.75, 3.05) is 11.9 Å². The Labute approximate surface area is 107 Å². The zero-order valence-electron chi connectivity index (χ0n) is 10.9. The largest absolute Gasteiger partial charge is 0.370 e. The monoisotopic (exact) mass is 246 g/mol. The average molecular weight is 246 g/mol. The molecular formula is C13H18N4O. The van der Waals surface area contributed by atoms with Crippen LogP contribution in [0.15, 0.2) is 29.3 Å². The Hall–Kier alpha value is -2.04. The fourth-order valence-corrected chi connectivity index (χ4v) is 1.94. The molecule has 0 aromatic heterocycles. The highest BCUT2D eigenvalue weighted by atomic mass is 16.2. The molecule has 18 heavy (non-hydrogen) atoms. The van der Waals surface area contributed by atoms with Gasteiger partial charge in [-0.15, -0.1) is 0 Å². The summed E-state index contributed by atoms with van der Waals surface area (Å²) in [5.74, 6) is 0.644. The van der Waals surface area contributed by atoms with Gasteiger partial charge in [-0.3, -0.25) is 15.6 Å². The minimum absolute atomic E-state index is 0.128. The van der Waals surface area contributed by atoms with Gasteiger partial charge in [-0.1, -0.05) is 12.1 Å². The van der Waals surface area contributed by atoms with Crippen LogP contribution in [0.5, 0.6) is 0 Å². The van der Waals surface area contributed by atoms with Crippen LogP contribution in [0.4, 0.5) is 11.4 Å². The van der Waals surface area contributed by atoms with E-state index in [1.807, 2.05) is 18.2 Å². The molecule has 96 valence electrons. The average Bonchev–Trinajstić information content (AvgIpc) is 2.46. The Morgan fingerprint density at radius 2 is 2.17 bits per heavy atom. The van der Waals surface area contributed by atoms with E-state index in [2.05, 4.69) is 40.8 Å². The van der Waals surface area contributed by atoms with Crippen molar-refractivity contribution in [1.29, 1.82) is 0 Å². The number of amides is 1. The number of rotatable bonds is 0. The van der Waals surface area contributed by atoms with Gasteiger partial charge in [0.1, 0.15) is 5.84 Å². The molecule has 0 radical (unpaired) electrons. The smallest absolute Gasteiger partial charge is 0.235 e. The first-order chi connectivity index (χ1) is 8.58. The van der Waals surface area contributed by atoms with Gasteiger partial charge < -0.3 is 4.90 Å². The number of nitrogens with one attached hydrogen (secondary N) is 2. The van der Waals surface area contributed by atoms with Crippen molar-refractivity contribution in [3.8, 4) is 0 Å². The lowest BCUT2D eigenvalue weighted by atomic mass is 10.2. The molecule has 0 aliphatic carbocycles. The van der Waals surface area contributed by atoms with E-state index in [0.29, 0.717) is 6.04 Å². The van der Waals surface area contributed by atoms with Crippen molar-refractivity contribution in [3.63, 3.8) is 0 Å². The lowest BCUT2D eigenvalue weighted by molar-refractivity contribution is -0.119. The third kappa shape index (κ3) is 2.61. The Morgan fingerprint density at radius 1 is 1.44 bits per heavy atom. The molecule has 1 amide bonds. The quantitative estimate of drug-likeness (QED) is 0.683. The van der Waals surface area contributed by atoms with Crippen LogP contribution >= 0.6 is 0 Å². The van der Waals surface area contributed by atoms with Gasteiger partial charge in [0.05, 0.1) is 11.4 Å². The number of hydrogen-bond acceptors (Lipinski definition) is 4.